The third-order valence-electron chi connectivity index (χ3n) is 1.48. The van der Waals surface area contributed by atoms with E-state index in [1.54, 1.807) is 5.48 Å². The Kier molecular flexibility index (Phi) is 2.56. The lowest BCUT2D eigenvalue weighted by Gasteiger charge is -2.03. The molecule has 1 aromatic rings. The maximum absolute atomic E-state index is 10.5. The lowest BCUT2D eigenvalue weighted by molar-refractivity contribution is 0.0698. The Morgan fingerprint density at radius 2 is 2.15 bits per heavy atom. The first kappa shape index (κ1) is 9.14. The SMILES string of the molecule is O=Nc1c(NO)cccc1C(=O)O. The number of hydrogen-bond acceptors (Lipinski definition) is 5. The molecule has 0 radical (unpaired) electrons. The van der Waals surface area contributed by atoms with Crippen LogP contribution in [-0.2, 0) is 0 Å². The summed E-state index contributed by atoms with van der Waals surface area (Å²) in [4.78, 5) is 20.8. The van der Waals surface area contributed by atoms with Crippen molar-refractivity contribution in [1.82, 2.24) is 0 Å². The summed E-state index contributed by atoms with van der Waals surface area (Å²) in [6.07, 6.45) is 0. The van der Waals surface area contributed by atoms with E-state index in [1.165, 1.54) is 18.2 Å². The summed E-state index contributed by atoms with van der Waals surface area (Å²) >= 11 is 0. The standard InChI is InChI=1S/C7H6N2O4/c10-7(11)4-2-1-3-5(8-12)6(4)9-13/h1-3,8,12H,(H,10,11). The molecule has 0 aliphatic carbocycles. The van der Waals surface area contributed by atoms with Gasteiger partial charge in [0, 0.05) is 0 Å². The van der Waals surface area contributed by atoms with Crippen LogP contribution in [0.2, 0.25) is 0 Å². The topological polar surface area (TPSA) is 99.0 Å². The van der Waals surface area contributed by atoms with Gasteiger partial charge in [-0.05, 0) is 17.3 Å². The summed E-state index contributed by atoms with van der Waals surface area (Å²) in [5, 5.41) is 19.6. The normalized spacial score (nSPS) is 9.31. The number of hydrogen-bond donors (Lipinski definition) is 3. The van der Waals surface area contributed by atoms with Crippen LogP contribution in [0.25, 0.3) is 0 Å². The van der Waals surface area contributed by atoms with Crippen molar-refractivity contribution in [3.05, 3.63) is 28.7 Å². The number of nitrogens with zero attached hydrogens (tertiary/aromatic N) is 1. The zero-order chi connectivity index (χ0) is 9.84. The van der Waals surface area contributed by atoms with Gasteiger partial charge in [0.05, 0.1) is 11.3 Å². The van der Waals surface area contributed by atoms with Crippen LogP contribution in [0.3, 0.4) is 0 Å². The quantitative estimate of drug-likeness (QED) is 0.486. The molecule has 3 N–H and O–H groups in total. The maximum atomic E-state index is 10.5. The Bertz CT molecular complexity index is 350. The molecule has 0 saturated carbocycles. The van der Waals surface area contributed by atoms with Crippen LogP contribution in [-0.4, -0.2) is 16.3 Å². The molecule has 6 heteroatoms. The van der Waals surface area contributed by atoms with Gasteiger partial charge in [-0.2, -0.15) is 0 Å². The van der Waals surface area contributed by atoms with Crippen LogP contribution in [0.4, 0.5) is 11.4 Å². The first-order valence-corrected chi connectivity index (χ1v) is 3.30. The van der Waals surface area contributed by atoms with Gasteiger partial charge in [0.1, 0.15) is 5.69 Å². The van der Waals surface area contributed by atoms with Gasteiger partial charge in [0.25, 0.3) is 0 Å². The van der Waals surface area contributed by atoms with Crippen LogP contribution in [0.5, 0.6) is 0 Å². The van der Waals surface area contributed by atoms with Crippen molar-refractivity contribution in [2.75, 3.05) is 5.48 Å². The summed E-state index contributed by atoms with van der Waals surface area (Å²) in [5.74, 6) is -1.27. The highest BCUT2D eigenvalue weighted by atomic mass is 16.5. The van der Waals surface area contributed by atoms with Crippen molar-refractivity contribution in [3.63, 3.8) is 0 Å². The molecule has 68 valence electrons. The van der Waals surface area contributed by atoms with Crippen molar-refractivity contribution in [2.45, 2.75) is 0 Å². The van der Waals surface area contributed by atoms with Crippen molar-refractivity contribution in [1.29, 1.82) is 0 Å². The highest BCUT2D eigenvalue weighted by molar-refractivity contribution is 5.96. The van der Waals surface area contributed by atoms with E-state index in [0.29, 0.717) is 0 Å². The van der Waals surface area contributed by atoms with E-state index < -0.39 is 5.97 Å². The lowest BCUT2D eigenvalue weighted by atomic mass is 10.1. The van der Waals surface area contributed by atoms with E-state index in [-0.39, 0.29) is 16.9 Å². The smallest absolute Gasteiger partial charge is 0.338 e. The second kappa shape index (κ2) is 3.63. The number of aromatic carboxylic acids is 1. The molecule has 0 heterocycles. The number of benzene rings is 1. The third-order valence-corrected chi connectivity index (χ3v) is 1.48. The summed E-state index contributed by atoms with van der Waals surface area (Å²) in [7, 11) is 0. The Morgan fingerprint density at radius 1 is 1.46 bits per heavy atom. The van der Waals surface area contributed by atoms with Crippen LogP contribution in [0.1, 0.15) is 10.4 Å². The van der Waals surface area contributed by atoms with E-state index in [0.717, 1.165) is 0 Å². The van der Waals surface area contributed by atoms with Gasteiger partial charge >= 0.3 is 5.97 Å². The van der Waals surface area contributed by atoms with Crippen molar-refractivity contribution < 1.29 is 15.1 Å². The van der Waals surface area contributed by atoms with Gasteiger partial charge in [-0.25, -0.2) is 4.79 Å². The van der Waals surface area contributed by atoms with Crippen LogP contribution in [0, 0.1) is 4.91 Å². The molecule has 13 heavy (non-hydrogen) atoms. The molecule has 1 aromatic carbocycles. The predicted molar refractivity (Wildman–Crippen MR) is 44.3 cm³/mol. The molecule has 0 amide bonds. The monoisotopic (exact) mass is 182 g/mol. The number of carboxylic acids is 1. The Morgan fingerprint density at radius 3 is 2.62 bits per heavy atom. The van der Waals surface area contributed by atoms with Gasteiger partial charge < -0.3 is 5.11 Å². The Hall–Kier alpha value is -1.95. The molecular weight excluding hydrogens is 176 g/mol. The molecule has 0 spiro atoms. The fraction of sp³-hybridized carbons (Fsp3) is 0. The summed E-state index contributed by atoms with van der Waals surface area (Å²) < 4.78 is 0. The number of anilines is 1. The highest BCUT2D eigenvalue weighted by Gasteiger charge is 2.13. The van der Waals surface area contributed by atoms with E-state index in [4.69, 9.17) is 10.3 Å². The number of nitrogens with one attached hydrogen (secondary N) is 1. The molecule has 0 aromatic heterocycles. The molecule has 0 atom stereocenters. The minimum absolute atomic E-state index is 0.0325. The van der Waals surface area contributed by atoms with E-state index in [2.05, 4.69) is 5.18 Å². The van der Waals surface area contributed by atoms with Crippen molar-refractivity contribution in [3.8, 4) is 0 Å². The van der Waals surface area contributed by atoms with Gasteiger partial charge in [-0.1, -0.05) is 6.07 Å². The Labute approximate surface area is 72.7 Å². The minimum Gasteiger partial charge on any atom is -0.478 e. The second-order valence-electron chi connectivity index (χ2n) is 2.21. The zero-order valence-corrected chi connectivity index (χ0v) is 6.39. The summed E-state index contributed by atoms with van der Waals surface area (Å²) in [5.41, 5.74) is 1.07. The van der Waals surface area contributed by atoms with Gasteiger partial charge in [0.15, 0.2) is 0 Å². The fourth-order valence-corrected chi connectivity index (χ4v) is 0.905. The molecule has 0 aliphatic heterocycles. The van der Waals surface area contributed by atoms with Gasteiger partial charge in [-0.15, -0.1) is 4.91 Å². The lowest BCUT2D eigenvalue weighted by Crippen LogP contribution is -1.99. The number of nitroso groups, excluding NO2 is 1. The molecule has 1 rings (SSSR count). The number of carboxylic acid groups (broad SMARTS) is 1. The fourth-order valence-electron chi connectivity index (χ4n) is 0.905. The number of carbonyl (C=O) groups is 1. The van der Waals surface area contributed by atoms with Gasteiger partial charge in [-0.3, -0.25) is 10.7 Å². The third kappa shape index (κ3) is 1.62. The van der Waals surface area contributed by atoms with Crippen molar-refractivity contribution >= 4 is 17.3 Å². The molecular formula is C7H6N2O4. The maximum Gasteiger partial charge on any atom is 0.338 e. The van der Waals surface area contributed by atoms with E-state index in [1.807, 2.05) is 0 Å². The molecule has 0 fully saturated rings. The average molecular weight is 182 g/mol. The predicted octanol–water partition coefficient (Wildman–Crippen LogP) is 1.58. The number of rotatable bonds is 3. The first-order valence-electron chi connectivity index (χ1n) is 3.30. The van der Waals surface area contributed by atoms with Gasteiger partial charge in [0.2, 0.25) is 0 Å². The molecule has 0 saturated heterocycles. The Balaban J connectivity index is 3.35. The van der Waals surface area contributed by atoms with Crippen LogP contribution in [0.15, 0.2) is 23.4 Å². The van der Waals surface area contributed by atoms with Crippen molar-refractivity contribution in [2.24, 2.45) is 5.18 Å². The molecule has 6 nitrogen and oxygen atoms in total. The van der Waals surface area contributed by atoms with Crippen LogP contribution >= 0.6 is 0 Å². The largest absolute Gasteiger partial charge is 0.478 e. The van der Waals surface area contributed by atoms with Crippen LogP contribution < -0.4 is 5.48 Å². The van der Waals surface area contributed by atoms with E-state index >= 15 is 0 Å². The molecule has 0 aliphatic rings. The zero-order valence-electron chi connectivity index (χ0n) is 6.39. The minimum atomic E-state index is -1.27. The molecule has 0 bridgehead atoms. The van der Waals surface area contributed by atoms with E-state index in [9.17, 15) is 9.70 Å². The average Bonchev–Trinajstić information content (AvgIpc) is 2.16. The highest BCUT2D eigenvalue weighted by Crippen LogP contribution is 2.28. The summed E-state index contributed by atoms with van der Waals surface area (Å²) in [6, 6.07) is 3.94. The first-order chi connectivity index (χ1) is 6.20. The summed E-state index contributed by atoms with van der Waals surface area (Å²) in [6.45, 7) is 0. The molecule has 0 unspecified atom stereocenters. The second-order valence-corrected chi connectivity index (χ2v) is 2.21.